The lowest BCUT2D eigenvalue weighted by Crippen LogP contribution is -2.42. The molecule has 5 nitrogen and oxygen atoms in total. The van der Waals surface area contributed by atoms with Crippen molar-refractivity contribution in [1.82, 2.24) is 5.32 Å². The van der Waals surface area contributed by atoms with Crippen LogP contribution < -0.4 is 10.1 Å². The zero-order valence-electron chi connectivity index (χ0n) is 11.8. The Kier molecular flexibility index (Phi) is 6.93. The van der Waals surface area contributed by atoms with Crippen LogP contribution in [-0.2, 0) is 9.53 Å². The van der Waals surface area contributed by atoms with Gasteiger partial charge in [-0.15, -0.1) is 0 Å². The summed E-state index contributed by atoms with van der Waals surface area (Å²) in [6.45, 7) is 0. The van der Waals surface area contributed by atoms with E-state index in [0.717, 1.165) is 5.75 Å². The number of hydrogen-bond acceptors (Lipinski definition) is 5. The van der Waals surface area contributed by atoms with E-state index in [9.17, 15) is 9.59 Å². The summed E-state index contributed by atoms with van der Waals surface area (Å²) >= 11 is 1.60. The number of thioether (sulfide) groups is 1. The van der Waals surface area contributed by atoms with Gasteiger partial charge in [0.15, 0.2) is 0 Å². The van der Waals surface area contributed by atoms with Crippen LogP contribution in [0.2, 0.25) is 0 Å². The fourth-order valence-corrected chi connectivity index (χ4v) is 2.17. The summed E-state index contributed by atoms with van der Waals surface area (Å²) in [5.74, 6) is 0.436. The summed E-state index contributed by atoms with van der Waals surface area (Å²) in [6.07, 6.45) is 2.46. The highest BCUT2D eigenvalue weighted by Crippen LogP contribution is 2.17. The third-order valence-corrected chi connectivity index (χ3v) is 3.40. The van der Waals surface area contributed by atoms with E-state index in [-0.39, 0.29) is 5.91 Å². The van der Waals surface area contributed by atoms with E-state index in [1.165, 1.54) is 14.2 Å². The average Bonchev–Trinajstić information content (AvgIpc) is 2.50. The Morgan fingerprint density at radius 2 is 2.00 bits per heavy atom. The van der Waals surface area contributed by atoms with E-state index in [0.29, 0.717) is 17.7 Å². The summed E-state index contributed by atoms with van der Waals surface area (Å²) < 4.78 is 9.84. The predicted molar refractivity (Wildman–Crippen MR) is 79.3 cm³/mol. The van der Waals surface area contributed by atoms with Crippen LogP contribution in [0.15, 0.2) is 24.3 Å². The molecule has 0 aliphatic rings. The van der Waals surface area contributed by atoms with E-state index in [2.05, 4.69) is 5.32 Å². The van der Waals surface area contributed by atoms with Gasteiger partial charge in [-0.05, 0) is 30.6 Å². The quantitative estimate of drug-likeness (QED) is 0.776. The first-order valence-electron chi connectivity index (χ1n) is 6.14. The SMILES string of the molecule is COC(=O)C(CCSC)NC(=O)c1ccccc1OC. The molecule has 1 N–H and O–H groups in total. The molecule has 0 aromatic heterocycles. The number of hydrogen-bond donors (Lipinski definition) is 1. The molecule has 0 spiro atoms. The van der Waals surface area contributed by atoms with Crippen molar-refractivity contribution in [3.63, 3.8) is 0 Å². The molecule has 0 saturated heterocycles. The maximum absolute atomic E-state index is 12.2. The Bertz CT molecular complexity index is 464. The number of para-hydroxylation sites is 1. The van der Waals surface area contributed by atoms with Crippen LogP contribution in [0, 0.1) is 0 Å². The highest BCUT2D eigenvalue weighted by molar-refractivity contribution is 7.98. The normalized spacial score (nSPS) is 11.6. The van der Waals surface area contributed by atoms with Crippen molar-refractivity contribution in [2.45, 2.75) is 12.5 Å². The molecule has 1 unspecified atom stereocenters. The predicted octanol–water partition coefficient (Wildman–Crippen LogP) is 1.72. The molecule has 1 aromatic rings. The van der Waals surface area contributed by atoms with Crippen molar-refractivity contribution < 1.29 is 19.1 Å². The van der Waals surface area contributed by atoms with E-state index in [1.807, 2.05) is 6.26 Å². The van der Waals surface area contributed by atoms with Crippen LogP contribution in [-0.4, -0.2) is 44.1 Å². The minimum atomic E-state index is -0.648. The molecule has 0 saturated carbocycles. The standard InChI is InChI=1S/C14H19NO4S/c1-18-12-7-5-4-6-10(12)13(16)15-11(8-9-20-3)14(17)19-2/h4-7,11H,8-9H2,1-3H3,(H,15,16). The highest BCUT2D eigenvalue weighted by Gasteiger charge is 2.22. The lowest BCUT2D eigenvalue weighted by molar-refractivity contribution is -0.142. The van der Waals surface area contributed by atoms with Gasteiger partial charge in [0.25, 0.3) is 5.91 Å². The van der Waals surface area contributed by atoms with Crippen LogP contribution in [0.1, 0.15) is 16.8 Å². The maximum Gasteiger partial charge on any atom is 0.328 e. The highest BCUT2D eigenvalue weighted by atomic mass is 32.2. The molecule has 0 fully saturated rings. The summed E-state index contributed by atoms with van der Waals surface area (Å²) in [4.78, 5) is 23.9. The van der Waals surface area contributed by atoms with Crippen LogP contribution in [0.3, 0.4) is 0 Å². The van der Waals surface area contributed by atoms with E-state index < -0.39 is 12.0 Å². The number of methoxy groups -OCH3 is 2. The second-order valence-electron chi connectivity index (χ2n) is 4.03. The van der Waals surface area contributed by atoms with Crippen molar-refractivity contribution in [2.75, 3.05) is 26.2 Å². The number of esters is 1. The van der Waals surface area contributed by atoms with Crippen molar-refractivity contribution >= 4 is 23.6 Å². The second-order valence-corrected chi connectivity index (χ2v) is 5.02. The number of carbonyl (C=O) groups is 2. The van der Waals surface area contributed by atoms with Crippen LogP contribution in [0.5, 0.6) is 5.75 Å². The molecule has 0 radical (unpaired) electrons. The van der Waals surface area contributed by atoms with E-state index in [4.69, 9.17) is 9.47 Å². The molecular formula is C14H19NO4S. The summed E-state index contributed by atoms with van der Waals surface area (Å²) in [6, 6.07) is 6.22. The van der Waals surface area contributed by atoms with Gasteiger partial charge < -0.3 is 14.8 Å². The van der Waals surface area contributed by atoms with Gasteiger partial charge in [0, 0.05) is 0 Å². The molecule has 1 aromatic carbocycles. The smallest absolute Gasteiger partial charge is 0.328 e. The number of rotatable bonds is 7. The van der Waals surface area contributed by atoms with Crippen molar-refractivity contribution in [3.8, 4) is 5.75 Å². The molecule has 1 amide bonds. The van der Waals surface area contributed by atoms with Gasteiger partial charge in [-0.25, -0.2) is 4.79 Å². The lowest BCUT2D eigenvalue weighted by atomic mass is 10.1. The van der Waals surface area contributed by atoms with E-state index >= 15 is 0 Å². The van der Waals surface area contributed by atoms with Crippen molar-refractivity contribution in [3.05, 3.63) is 29.8 Å². The lowest BCUT2D eigenvalue weighted by Gasteiger charge is -2.17. The molecule has 0 aliphatic heterocycles. The minimum absolute atomic E-state index is 0.348. The maximum atomic E-state index is 12.2. The van der Waals surface area contributed by atoms with Gasteiger partial charge in [0.05, 0.1) is 19.8 Å². The van der Waals surface area contributed by atoms with E-state index in [1.54, 1.807) is 36.0 Å². The topological polar surface area (TPSA) is 64.6 Å². The van der Waals surface area contributed by atoms with Gasteiger partial charge in [-0.2, -0.15) is 11.8 Å². The number of benzene rings is 1. The first-order chi connectivity index (χ1) is 9.63. The van der Waals surface area contributed by atoms with Crippen LogP contribution in [0.25, 0.3) is 0 Å². The molecule has 110 valence electrons. The first kappa shape index (κ1) is 16.4. The summed E-state index contributed by atoms with van der Waals surface area (Å²) in [7, 11) is 2.81. The third kappa shape index (κ3) is 4.45. The number of ether oxygens (including phenoxy) is 2. The third-order valence-electron chi connectivity index (χ3n) is 2.75. The van der Waals surface area contributed by atoms with Crippen LogP contribution in [0.4, 0.5) is 0 Å². The Labute approximate surface area is 123 Å². The molecule has 0 aliphatic carbocycles. The van der Waals surface area contributed by atoms with Gasteiger partial charge in [0.2, 0.25) is 0 Å². The minimum Gasteiger partial charge on any atom is -0.496 e. The monoisotopic (exact) mass is 297 g/mol. The fourth-order valence-electron chi connectivity index (χ4n) is 1.70. The molecule has 1 atom stereocenters. The summed E-state index contributed by atoms with van der Waals surface area (Å²) in [5, 5.41) is 2.69. The number of amides is 1. The Morgan fingerprint density at radius 3 is 2.60 bits per heavy atom. The molecule has 20 heavy (non-hydrogen) atoms. The Morgan fingerprint density at radius 1 is 1.30 bits per heavy atom. The van der Waals surface area contributed by atoms with Gasteiger partial charge in [0.1, 0.15) is 11.8 Å². The van der Waals surface area contributed by atoms with Gasteiger partial charge >= 0.3 is 5.97 Å². The molecule has 0 bridgehead atoms. The largest absolute Gasteiger partial charge is 0.496 e. The van der Waals surface area contributed by atoms with Gasteiger partial charge in [-0.3, -0.25) is 4.79 Å². The number of nitrogens with one attached hydrogen (secondary N) is 1. The molecule has 6 heteroatoms. The van der Waals surface area contributed by atoms with Crippen molar-refractivity contribution in [2.24, 2.45) is 0 Å². The first-order valence-corrected chi connectivity index (χ1v) is 7.54. The van der Waals surface area contributed by atoms with Crippen LogP contribution >= 0.6 is 11.8 Å². The summed E-state index contributed by atoms with van der Waals surface area (Å²) in [5.41, 5.74) is 0.396. The second kappa shape index (κ2) is 8.47. The zero-order chi connectivity index (χ0) is 15.0. The molecule has 1 rings (SSSR count). The number of carbonyl (C=O) groups excluding carboxylic acids is 2. The fraction of sp³-hybridized carbons (Fsp3) is 0.429. The van der Waals surface area contributed by atoms with Crippen molar-refractivity contribution in [1.29, 1.82) is 0 Å². The molecule has 0 heterocycles. The zero-order valence-corrected chi connectivity index (χ0v) is 12.7. The average molecular weight is 297 g/mol. The van der Waals surface area contributed by atoms with Gasteiger partial charge in [-0.1, -0.05) is 12.1 Å². The Balaban J connectivity index is 2.81. The Hall–Kier alpha value is -1.69. The molecular weight excluding hydrogens is 278 g/mol.